The van der Waals surface area contributed by atoms with Crippen LogP contribution in [0.2, 0.25) is 0 Å². The highest BCUT2D eigenvalue weighted by molar-refractivity contribution is 7.14. The Kier molecular flexibility index (Phi) is 6.28. The first-order chi connectivity index (χ1) is 13.6. The lowest BCUT2D eigenvalue weighted by atomic mass is 10.1. The average molecular weight is 398 g/mol. The van der Waals surface area contributed by atoms with Gasteiger partial charge in [-0.2, -0.15) is 0 Å². The van der Waals surface area contributed by atoms with Crippen molar-refractivity contribution in [2.45, 2.75) is 19.8 Å². The van der Waals surface area contributed by atoms with Crippen LogP contribution in [0.15, 0.2) is 48.0 Å². The van der Waals surface area contributed by atoms with Gasteiger partial charge in [0.05, 0.1) is 5.69 Å². The first-order valence-electron chi connectivity index (χ1n) is 8.63. The molecule has 0 saturated heterocycles. The van der Waals surface area contributed by atoms with E-state index >= 15 is 0 Å². The van der Waals surface area contributed by atoms with Crippen LogP contribution < -0.4 is 10.1 Å². The van der Waals surface area contributed by atoms with E-state index in [4.69, 9.17) is 4.74 Å². The average Bonchev–Trinajstić information content (AvgIpc) is 3.16. The predicted molar refractivity (Wildman–Crippen MR) is 107 cm³/mol. The summed E-state index contributed by atoms with van der Waals surface area (Å²) < 4.78 is 5.22. The summed E-state index contributed by atoms with van der Waals surface area (Å²) >= 11 is 1.30. The highest BCUT2D eigenvalue weighted by Gasteiger charge is 2.17. The Morgan fingerprint density at radius 1 is 1.29 bits per heavy atom. The van der Waals surface area contributed by atoms with Crippen molar-refractivity contribution < 1.29 is 14.5 Å². The maximum absolute atomic E-state index is 12.1. The number of rotatable bonds is 8. The molecular formula is C19H18N4O4S. The molecule has 0 atom stereocenters. The highest BCUT2D eigenvalue weighted by atomic mass is 32.1. The molecule has 3 rings (SSSR count). The first kappa shape index (κ1) is 19.4. The summed E-state index contributed by atoms with van der Waals surface area (Å²) in [5.41, 5.74) is 3.02. The third-order valence-corrected chi connectivity index (χ3v) is 4.58. The molecule has 2 heterocycles. The smallest absolute Gasteiger partial charge is 0.406 e. The number of benzene rings is 1. The number of anilines is 1. The van der Waals surface area contributed by atoms with Crippen LogP contribution in [0.4, 0.5) is 10.9 Å². The molecule has 0 unspecified atom stereocenters. The number of aryl methyl sites for hydroxylation is 1. The number of thiazole rings is 1. The van der Waals surface area contributed by atoms with Crippen molar-refractivity contribution >= 4 is 28.2 Å². The van der Waals surface area contributed by atoms with Crippen LogP contribution in [-0.4, -0.2) is 27.4 Å². The Bertz CT molecular complexity index is 972. The van der Waals surface area contributed by atoms with Crippen LogP contribution in [0.5, 0.6) is 5.75 Å². The maximum Gasteiger partial charge on any atom is 0.406 e. The standard InChI is InChI=1S/C19H18N4O4S/c1-2-4-13-6-8-14(9-7-13)15-12-28-19(21-15)22-17(24)11-27-16-5-3-10-20-18(16)23(25)26/h3,5-10,12H,2,4,11H2,1H3,(H,21,22,24). The summed E-state index contributed by atoms with van der Waals surface area (Å²) in [7, 11) is 0. The fourth-order valence-electron chi connectivity index (χ4n) is 2.53. The van der Waals surface area contributed by atoms with Gasteiger partial charge in [-0.1, -0.05) is 37.6 Å². The Balaban J connectivity index is 1.59. The third-order valence-electron chi connectivity index (χ3n) is 3.82. The quantitative estimate of drug-likeness (QED) is 0.452. The second-order valence-corrected chi connectivity index (χ2v) is 6.76. The number of hydrogen-bond acceptors (Lipinski definition) is 7. The van der Waals surface area contributed by atoms with E-state index in [-0.39, 0.29) is 12.4 Å². The number of pyridine rings is 1. The number of carbonyl (C=O) groups excluding carboxylic acids is 1. The summed E-state index contributed by atoms with van der Waals surface area (Å²) in [6.45, 7) is 1.76. The number of aromatic nitrogens is 2. The minimum Gasteiger partial charge on any atom is -0.476 e. The molecule has 28 heavy (non-hydrogen) atoms. The Morgan fingerprint density at radius 2 is 2.07 bits per heavy atom. The fraction of sp³-hybridized carbons (Fsp3) is 0.211. The van der Waals surface area contributed by atoms with Crippen LogP contribution in [0.1, 0.15) is 18.9 Å². The molecule has 1 N–H and O–H groups in total. The minimum atomic E-state index is -0.661. The van der Waals surface area contributed by atoms with Crippen molar-refractivity contribution in [3.63, 3.8) is 0 Å². The van der Waals surface area contributed by atoms with E-state index in [0.717, 1.165) is 24.1 Å². The van der Waals surface area contributed by atoms with E-state index in [2.05, 4.69) is 34.3 Å². The SMILES string of the molecule is CCCc1ccc(-c2csc(NC(=O)COc3cccnc3[N+](=O)[O-])n2)cc1. The molecule has 3 aromatic rings. The van der Waals surface area contributed by atoms with E-state index in [1.54, 1.807) is 0 Å². The second-order valence-electron chi connectivity index (χ2n) is 5.90. The van der Waals surface area contributed by atoms with Gasteiger partial charge in [0, 0.05) is 10.9 Å². The van der Waals surface area contributed by atoms with Crippen LogP contribution in [-0.2, 0) is 11.2 Å². The summed E-state index contributed by atoms with van der Waals surface area (Å²) in [5, 5.41) is 15.8. The molecule has 0 aliphatic rings. The van der Waals surface area contributed by atoms with Gasteiger partial charge in [-0.3, -0.25) is 10.1 Å². The van der Waals surface area contributed by atoms with Gasteiger partial charge in [-0.15, -0.1) is 11.3 Å². The van der Waals surface area contributed by atoms with E-state index in [0.29, 0.717) is 5.13 Å². The number of carbonyl (C=O) groups is 1. The van der Waals surface area contributed by atoms with E-state index in [9.17, 15) is 14.9 Å². The van der Waals surface area contributed by atoms with Gasteiger partial charge in [-0.05, 0) is 34.0 Å². The van der Waals surface area contributed by atoms with Gasteiger partial charge < -0.3 is 14.9 Å². The van der Waals surface area contributed by atoms with Crippen molar-refractivity contribution in [1.82, 2.24) is 9.97 Å². The van der Waals surface area contributed by atoms with Crippen LogP contribution in [0, 0.1) is 10.1 Å². The number of amides is 1. The molecule has 1 amide bonds. The number of ether oxygens (including phenoxy) is 1. The first-order valence-corrected chi connectivity index (χ1v) is 9.51. The molecule has 1 aromatic carbocycles. The molecule has 0 bridgehead atoms. The Labute approximate surface area is 165 Å². The fourth-order valence-corrected chi connectivity index (χ4v) is 3.26. The van der Waals surface area contributed by atoms with Gasteiger partial charge >= 0.3 is 5.82 Å². The van der Waals surface area contributed by atoms with E-state index in [1.165, 1.54) is 35.2 Å². The Morgan fingerprint density at radius 3 is 2.79 bits per heavy atom. The zero-order valence-electron chi connectivity index (χ0n) is 15.1. The third kappa shape index (κ3) is 4.89. The largest absolute Gasteiger partial charge is 0.476 e. The molecule has 8 nitrogen and oxygen atoms in total. The lowest BCUT2D eigenvalue weighted by molar-refractivity contribution is -0.390. The molecule has 0 saturated carbocycles. The van der Waals surface area contributed by atoms with Gasteiger partial charge in [0.1, 0.15) is 6.20 Å². The highest BCUT2D eigenvalue weighted by Crippen LogP contribution is 2.26. The van der Waals surface area contributed by atoms with Gasteiger partial charge in [0.15, 0.2) is 11.7 Å². The predicted octanol–water partition coefficient (Wildman–Crippen LogP) is 4.08. The molecule has 0 fully saturated rings. The maximum atomic E-state index is 12.1. The van der Waals surface area contributed by atoms with Crippen molar-refractivity contribution in [3.8, 4) is 17.0 Å². The molecular weight excluding hydrogens is 380 g/mol. The molecule has 0 radical (unpaired) electrons. The molecule has 0 aliphatic heterocycles. The van der Waals surface area contributed by atoms with Crippen molar-refractivity contribution in [1.29, 1.82) is 0 Å². The molecule has 2 aromatic heterocycles. The number of nitro groups is 1. The summed E-state index contributed by atoms with van der Waals surface area (Å²) in [6.07, 6.45) is 3.42. The molecule has 144 valence electrons. The number of nitrogens with zero attached hydrogens (tertiary/aromatic N) is 3. The van der Waals surface area contributed by atoms with Crippen molar-refractivity contribution in [3.05, 3.63) is 63.7 Å². The lowest BCUT2D eigenvalue weighted by Gasteiger charge is -2.05. The normalized spacial score (nSPS) is 10.5. The Hall–Kier alpha value is -3.33. The topological polar surface area (TPSA) is 107 Å². The van der Waals surface area contributed by atoms with Crippen LogP contribution in [0.25, 0.3) is 11.3 Å². The molecule has 0 aliphatic carbocycles. The summed E-state index contributed by atoms with van der Waals surface area (Å²) in [4.78, 5) is 30.4. The van der Waals surface area contributed by atoms with Crippen LogP contribution >= 0.6 is 11.3 Å². The monoisotopic (exact) mass is 398 g/mol. The van der Waals surface area contributed by atoms with Gasteiger partial charge in [-0.25, -0.2) is 4.98 Å². The number of hydrogen-bond donors (Lipinski definition) is 1. The van der Waals surface area contributed by atoms with E-state index in [1.807, 2.05) is 17.5 Å². The summed E-state index contributed by atoms with van der Waals surface area (Å²) in [5.74, 6) is -0.953. The number of nitrogens with one attached hydrogen (secondary N) is 1. The summed E-state index contributed by atoms with van der Waals surface area (Å²) in [6, 6.07) is 11.1. The van der Waals surface area contributed by atoms with Crippen molar-refractivity contribution in [2.75, 3.05) is 11.9 Å². The van der Waals surface area contributed by atoms with Gasteiger partial charge in [0.25, 0.3) is 5.91 Å². The second kappa shape index (κ2) is 9.05. The lowest BCUT2D eigenvalue weighted by Crippen LogP contribution is -2.20. The molecule has 9 heteroatoms. The minimum absolute atomic E-state index is 0.0605. The van der Waals surface area contributed by atoms with Crippen molar-refractivity contribution in [2.24, 2.45) is 0 Å². The molecule has 0 spiro atoms. The van der Waals surface area contributed by atoms with Crippen LogP contribution in [0.3, 0.4) is 0 Å². The zero-order chi connectivity index (χ0) is 19.9. The zero-order valence-corrected chi connectivity index (χ0v) is 15.9. The van der Waals surface area contributed by atoms with Gasteiger partial charge in [0.2, 0.25) is 5.75 Å². The van der Waals surface area contributed by atoms with E-state index < -0.39 is 16.6 Å².